The highest BCUT2D eigenvalue weighted by molar-refractivity contribution is 8.19. The van der Waals surface area contributed by atoms with E-state index in [0.717, 1.165) is 44.9 Å². The molecule has 2 aromatic carbocycles. The molecule has 1 saturated carbocycles. The average Bonchev–Trinajstić information content (AvgIpc) is 3.27. The number of thioether (sulfide) groups is 2. The number of benzene rings is 2. The summed E-state index contributed by atoms with van der Waals surface area (Å²) in [6, 6.07) is 16.7. The van der Waals surface area contributed by atoms with E-state index in [9.17, 15) is 4.79 Å². The van der Waals surface area contributed by atoms with Gasteiger partial charge in [-0.1, -0.05) is 61.4 Å². The molecule has 6 heteroatoms. The first-order valence-electron chi connectivity index (χ1n) is 10.5. The largest absolute Gasteiger partial charge is 0.337 e. The van der Waals surface area contributed by atoms with Gasteiger partial charge in [-0.3, -0.25) is 9.69 Å². The Balaban J connectivity index is 1.57. The van der Waals surface area contributed by atoms with Crippen LogP contribution >= 0.6 is 23.5 Å². The van der Waals surface area contributed by atoms with Gasteiger partial charge < -0.3 is 4.90 Å². The highest BCUT2D eigenvalue weighted by Gasteiger charge is 2.42. The molecule has 1 amide bonds. The fraction of sp³-hybridized carbons (Fsp3) is 0.333. The number of carbonyl (C=O) groups is 1. The van der Waals surface area contributed by atoms with Crippen molar-refractivity contribution in [1.29, 1.82) is 0 Å². The number of anilines is 1. The maximum atomic E-state index is 13.7. The van der Waals surface area contributed by atoms with E-state index in [4.69, 9.17) is 4.99 Å². The molecule has 5 rings (SSSR count). The predicted molar refractivity (Wildman–Crippen MR) is 127 cm³/mol. The van der Waals surface area contributed by atoms with Crippen LogP contribution in [0, 0.1) is 6.92 Å². The average molecular weight is 436 g/mol. The highest BCUT2D eigenvalue weighted by Crippen LogP contribution is 2.50. The number of amides is 1. The number of fused-ring (bicyclic) bond motifs is 1. The lowest BCUT2D eigenvalue weighted by molar-refractivity contribution is -0.124. The molecular weight excluding hydrogens is 410 g/mol. The molecule has 3 aliphatic rings. The molecule has 0 spiro atoms. The zero-order valence-corrected chi connectivity index (χ0v) is 18.9. The van der Waals surface area contributed by atoms with Crippen LogP contribution in [0.4, 0.5) is 11.4 Å². The second kappa shape index (κ2) is 8.16. The molecule has 0 radical (unpaired) electrons. The van der Waals surface area contributed by atoms with Crippen LogP contribution in [-0.4, -0.2) is 29.1 Å². The van der Waals surface area contributed by atoms with Gasteiger partial charge in [-0.25, -0.2) is 4.99 Å². The molecule has 0 atom stereocenters. The van der Waals surface area contributed by atoms with Gasteiger partial charge in [-0.15, -0.1) is 0 Å². The van der Waals surface area contributed by atoms with E-state index in [-0.39, 0.29) is 11.9 Å². The molecule has 1 saturated heterocycles. The van der Waals surface area contributed by atoms with Crippen LogP contribution in [0.5, 0.6) is 0 Å². The molecule has 0 aromatic heterocycles. The minimum Gasteiger partial charge on any atom is -0.337 e. The third-order valence-corrected chi connectivity index (χ3v) is 8.42. The van der Waals surface area contributed by atoms with Crippen LogP contribution in [-0.2, 0) is 4.79 Å². The van der Waals surface area contributed by atoms with E-state index in [2.05, 4.69) is 43.1 Å². The molecule has 1 aliphatic carbocycles. The third-order valence-electron chi connectivity index (χ3n) is 6.02. The van der Waals surface area contributed by atoms with E-state index < -0.39 is 0 Å². The Kier molecular flexibility index (Phi) is 5.37. The van der Waals surface area contributed by atoms with Gasteiger partial charge in [-0.2, -0.15) is 0 Å². The van der Waals surface area contributed by atoms with Crippen molar-refractivity contribution in [3.63, 3.8) is 0 Å². The van der Waals surface area contributed by atoms with E-state index >= 15 is 0 Å². The number of aryl methyl sites for hydroxylation is 1. The van der Waals surface area contributed by atoms with Crippen molar-refractivity contribution in [2.45, 2.75) is 50.0 Å². The van der Waals surface area contributed by atoms with E-state index in [1.807, 2.05) is 29.2 Å². The first-order chi connectivity index (χ1) is 14.6. The molecule has 0 N–H and O–H groups in total. The standard InChI is InChI=1S/C24H25N3OS2/c1-16-10-6-7-13-18(16)25-24-27(17-11-4-3-5-12-17)22(28)21(30-24)23-26(2)19-14-8-9-15-20(19)29-23/h6-10,13-15,17H,3-5,11-12H2,1-2H3/b23-21-,25-24?. The number of aliphatic imine (C=N–C) groups is 1. The Labute approximate surface area is 186 Å². The zero-order chi connectivity index (χ0) is 20.7. The van der Waals surface area contributed by atoms with Gasteiger partial charge in [0.1, 0.15) is 4.91 Å². The SMILES string of the molecule is Cc1ccccc1N=C1S/C(=C2\Sc3ccccc3N2C)C(=O)N1C1CCCCC1. The van der Waals surface area contributed by atoms with Crippen LogP contribution in [0.25, 0.3) is 0 Å². The van der Waals surface area contributed by atoms with Crippen molar-refractivity contribution in [3.8, 4) is 0 Å². The van der Waals surface area contributed by atoms with Gasteiger partial charge in [0.15, 0.2) is 5.17 Å². The highest BCUT2D eigenvalue weighted by atomic mass is 32.2. The number of amidine groups is 1. The second-order valence-corrected chi connectivity index (χ2v) is 10.0. The summed E-state index contributed by atoms with van der Waals surface area (Å²) >= 11 is 3.23. The van der Waals surface area contributed by atoms with E-state index in [1.54, 1.807) is 11.8 Å². The van der Waals surface area contributed by atoms with Crippen molar-refractivity contribution in [3.05, 3.63) is 64.0 Å². The monoisotopic (exact) mass is 435 g/mol. The van der Waals surface area contributed by atoms with Crippen LogP contribution in [0.2, 0.25) is 0 Å². The normalized spacial score (nSPS) is 23.5. The zero-order valence-electron chi connectivity index (χ0n) is 17.3. The third kappa shape index (κ3) is 3.46. The fourth-order valence-electron chi connectivity index (χ4n) is 4.35. The molecule has 30 heavy (non-hydrogen) atoms. The number of nitrogens with zero attached hydrogens (tertiary/aromatic N) is 3. The molecule has 0 unspecified atom stereocenters. The Morgan fingerprint density at radius 2 is 1.70 bits per heavy atom. The Morgan fingerprint density at radius 1 is 0.967 bits per heavy atom. The van der Waals surface area contributed by atoms with Crippen molar-refractivity contribution < 1.29 is 4.79 Å². The van der Waals surface area contributed by atoms with Crippen LogP contribution in [0.15, 0.2) is 68.4 Å². The number of rotatable bonds is 2. The van der Waals surface area contributed by atoms with Gasteiger partial charge in [0, 0.05) is 18.0 Å². The molecule has 2 aliphatic heterocycles. The van der Waals surface area contributed by atoms with Gasteiger partial charge in [0.2, 0.25) is 0 Å². The topological polar surface area (TPSA) is 35.9 Å². The summed E-state index contributed by atoms with van der Waals surface area (Å²) in [6.07, 6.45) is 5.75. The number of hydrogen-bond donors (Lipinski definition) is 0. The minimum absolute atomic E-state index is 0.112. The maximum absolute atomic E-state index is 13.7. The fourth-order valence-corrected chi connectivity index (χ4v) is 6.74. The predicted octanol–water partition coefficient (Wildman–Crippen LogP) is 6.30. The Bertz CT molecular complexity index is 1060. The van der Waals surface area contributed by atoms with Gasteiger partial charge in [0.05, 0.1) is 16.4 Å². The summed E-state index contributed by atoms with van der Waals surface area (Å²) in [5.41, 5.74) is 3.23. The first kappa shape index (κ1) is 19.8. The number of para-hydroxylation sites is 2. The lowest BCUT2D eigenvalue weighted by Crippen LogP contribution is -2.40. The lowest BCUT2D eigenvalue weighted by Gasteiger charge is -2.30. The van der Waals surface area contributed by atoms with Crippen LogP contribution in [0.3, 0.4) is 0 Å². The van der Waals surface area contributed by atoms with Crippen molar-refractivity contribution >= 4 is 46.0 Å². The van der Waals surface area contributed by atoms with E-state index in [0.29, 0.717) is 0 Å². The molecule has 4 nitrogen and oxygen atoms in total. The molecule has 154 valence electrons. The number of hydrogen-bond acceptors (Lipinski definition) is 5. The summed E-state index contributed by atoms with van der Waals surface area (Å²) in [5, 5.41) is 1.84. The van der Waals surface area contributed by atoms with Gasteiger partial charge >= 0.3 is 0 Å². The minimum atomic E-state index is 0.112. The Morgan fingerprint density at radius 3 is 2.47 bits per heavy atom. The summed E-state index contributed by atoms with van der Waals surface area (Å²) in [5.74, 6) is 0.112. The molecule has 2 aromatic rings. The summed E-state index contributed by atoms with van der Waals surface area (Å²) in [7, 11) is 2.05. The smallest absolute Gasteiger partial charge is 0.269 e. The van der Waals surface area contributed by atoms with E-state index in [1.165, 1.54) is 35.9 Å². The maximum Gasteiger partial charge on any atom is 0.269 e. The first-order valence-corrected chi connectivity index (χ1v) is 12.2. The lowest BCUT2D eigenvalue weighted by atomic mass is 9.94. The summed E-state index contributed by atoms with van der Waals surface area (Å²) < 4.78 is 0. The second-order valence-electron chi connectivity index (χ2n) is 8.01. The molecular formula is C24H25N3OS2. The van der Waals surface area contributed by atoms with Crippen LogP contribution in [0.1, 0.15) is 37.7 Å². The summed E-state index contributed by atoms with van der Waals surface area (Å²) in [4.78, 5) is 24.8. The van der Waals surface area contributed by atoms with Crippen molar-refractivity contribution in [2.24, 2.45) is 4.99 Å². The van der Waals surface area contributed by atoms with Gasteiger partial charge in [0.25, 0.3) is 5.91 Å². The summed E-state index contributed by atoms with van der Waals surface area (Å²) in [6.45, 7) is 2.07. The Hall–Kier alpha value is -2.18. The number of carbonyl (C=O) groups excluding carboxylic acids is 1. The quantitative estimate of drug-likeness (QED) is 0.519. The molecule has 2 heterocycles. The van der Waals surface area contributed by atoms with Crippen molar-refractivity contribution in [2.75, 3.05) is 11.9 Å². The molecule has 0 bridgehead atoms. The van der Waals surface area contributed by atoms with Gasteiger partial charge in [-0.05, 0) is 55.3 Å². The van der Waals surface area contributed by atoms with Crippen LogP contribution < -0.4 is 4.90 Å². The van der Waals surface area contributed by atoms with Crippen molar-refractivity contribution in [1.82, 2.24) is 4.90 Å². The molecule has 2 fully saturated rings.